The van der Waals surface area contributed by atoms with Gasteiger partial charge in [0.15, 0.2) is 6.61 Å². The van der Waals surface area contributed by atoms with Crippen molar-refractivity contribution in [2.75, 3.05) is 19.0 Å². The van der Waals surface area contributed by atoms with E-state index in [1.807, 2.05) is 4.72 Å². The zero-order chi connectivity index (χ0) is 24.8. The monoisotopic (exact) mass is 501 g/mol. The molecule has 2 atom stereocenters. The van der Waals surface area contributed by atoms with Gasteiger partial charge in [0.2, 0.25) is 10.0 Å². The van der Waals surface area contributed by atoms with Gasteiger partial charge in [-0.25, -0.2) is 8.42 Å². The summed E-state index contributed by atoms with van der Waals surface area (Å²) < 4.78 is 36.8. The number of non-ortho nitro benzene ring substituents is 1. The standard InChI is InChI=1S/C19H20ClN3O9S/c1-11(24)18(22-33(29,30)14-6-3-12(20)4-7-14)19(26)32-10-17(25)21-15-9-13(23(27)28)5-8-16(15)31-2/h3-9,11,18,22,24H,10H2,1-2H3,(H,21,25). The fourth-order valence-electron chi connectivity index (χ4n) is 2.51. The minimum Gasteiger partial charge on any atom is -0.495 e. The van der Waals surface area contributed by atoms with E-state index in [1.165, 1.54) is 43.5 Å². The van der Waals surface area contributed by atoms with E-state index in [1.54, 1.807) is 0 Å². The van der Waals surface area contributed by atoms with E-state index in [-0.39, 0.29) is 22.0 Å². The van der Waals surface area contributed by atoms with Gasteiger partial charge in [-0.05, 0) is 37.3 Å². The third-order valence-electron chi connectivity index (χ3n) is 4.16. The van der Waals surface area contributed by atoms with Gasteiger partial charge >= 0.3 is 5.97 Å². The average molecular weight is 502 g/mol. The summed E-state index contributed by atoms with van der Waals surface area (Å²) in [5.41, 5.74) is -0.350. The predicted octanol–water partition coefficient (Wildman–Crippen LogP) is 1.47. The van der Waals surface area contributed by atoms with E-state index in [2.05, 4.69) is 5.32 Å². The van der Waals surface area contributed by atoms with Gasteiger partial charge in [-0.1, -0.05) is 11.6 Å². The summed E-state index contributed by atoms with van der Waals surface area (Å²) in [4.78, 5) is 34.6. The predicted molar refractivity (Wildman–Crippen MR) is 116 cm³/mol. The number of carbonyl (C=O) groups excluding carboxylic acids is 2. The van der Waals surface area contributed by atoms with Gasteiger partial charge in [-0.15, -0.1) is 0 Å². The molecule has 2 rings (SSSR count). The number of halogens is 1. The van der Waals surface area contributed by atoms with Crippen LogP contribution >= 0.6 is 11.6 Å². The van der Waals surface area contributed by atoms with Gasteiger partial charge in [-0.2, -0.15) is 4.72 Å². The quantitative estimate of drug-likeness (QED) is 0.247. The van der Waals surface area contributed by atoms with Crippen molar-refractivity contribution in [3.05, 3.63) is 57.6 Å². The van der Waals surface area contributed by atoms with Crippen LogP contribution in [0.3, 0.4) is 0 Å². The molecule has 3 N–H and O–H groups in total. The molecule has 0 spiro atoms. The number of carbonyl (C=O) groups is 2. The van der Waals surface area contributed by atoms with Crippen LogP contribution in [0.15, 0.2) is 47.4 Å². The van der Waals surface area contributed by atoms with Gasteiger partial charge in [0.05, 0.1) is 28.7 Å². The second-order valence-corrected chi connectivity index (χ2v) is 8.74. The molecule has 0 bridgehead atoms. The van der Waals surface area contributed by atoms with E-state index in [4.69, 9.17) is 21.1 Å². The molecule has 0 aliphatic carbocycles. The average Bonchev–Trinajstić information content (AvgIpc) is 2.75. The summed E-state index contributed by atoms with van der Waals surface area (Å²) in [6, 6.07) is 6.85. The number of anilines is 1. The van der Waals surface area contributed by atoms with Crippen LogP contribution in [0.4, 0.5) is 11.4 Å². The summed E-state index contributed by atoms with van der Waals surface area (Å²) in [7, 11) is -2.94. The minimum absolute atomic E-state index is 0.0386. The second kappa shape index (κ2) is 11.0. The summed E-state index contributed by atoms with van der Waals surface area (Å²) in [5, 5.41) is 23.4. The summed E-state index contributed by atoms with van der Waals surface area (Å²) in [6.07, 6.45) is -1.50. The Bertz CT molecular complexity index is 1140. The molecule has 0 saturated carbocycles. The Morgan fingerprint density at radius 1 is 1.21 bits per heavy atom. The number of esters is 1. The van der Waals surface area contributed by atoms with Crippen LogP contribution < -0.4 is 14.8 Å². The Labute approximate surface area is 193 Å². The Morgan fingerprint density at radius 2 is 1.85 bits per heavy atom. The van der Waals surface area contributed by atoms with Crippen molar-refractivity contribution in [2.45, 2.75) is 24.0 Å². The number of aliphatic hydroxyl groups is 1. The molecule has 12 nitrogen and oxygen atoms in total. The fraction of sp³-hybridized carbons (Fsp3) is 0.263. The van der Waals surface area contributed by atoms with Crippen LogP contribution in [-0.4, -0.2) is 56.2 Å². The Balaban J connectivity index is 2.06. The van der Waals surface area contributed by atoms with Gasteiger partial charge < -0.3 is 19.9 Å². The molecular formula is C19H20ClN3O9S. The molecule has 2 aromatic rings. The highest BCUT2D eigenvalue weighted by Crippen LogP contribution is 2.28. The zero-order valence-electron chi connectivity index (χ0n) is 17.3. The van der Waals surface area contributed by atoms with Crippen LogP contribution in [0, 0.1) is 10.1 Å². The highest BCUT2D eigenvalue weighted by atomic mass is 35.5. The van der Waals surface area contributed by atoms with E-state index in [0.717, 1.165) is 13.0 Å². The molecule has 0 fully saturated rings. The van der Waals surface area contributed by atoms with Crippen molar-refractivity contribution in [1.82, 2.24) is 4.72 Å². The summed E-state index contributed by atoms with van der Waals surface area (Å²) in [6.45, 7) is 0.293. The first kappa shape index (κ1) is 26.0. The number of nitrogens with zero attached hydrogens (tertiary/aromatic N) is 1. The normalized spacial score (nSPS) is 13.0. The number of ether oxygens (including phenoxy) is 2. The fourth-order valence-corrected chi connectivity index (χ4v) is 3.90. The number of nitrogens with one attached hydrogen (secondary N) is 2. The Morgan fingerprint density at radius 3 is 2.39 bits per heavy atom. The molecule has 2 aromatic carbocycles. The lowest BCUT2D eigenvalue weighted by Crippen LogP contribution is -2.48. The maximum absolute atomic E-state index is 12.5. The van der Waals surface area contributed by atoms with Crippen molar-refractivity contribution < 1.29 is 37.5 Å². The smallest absolute Gasteiger partial charge is 0.327 e. The lowest BCUT2D eigenvalue weighted by Gasteiger charge is -2.20. The van der Waals surface area contributed by atoms with Crippen molar-refractivity contribution in [2.24, 2.45) is 0 Å². The first-order valence-electron chi connectivity index (χ1n) is 9.19. The van der Waals surface area contributed by atoms with Gasteiger partial charge in [0, 0.05) is 17.2 Å². The van der Waals surface area contributed by atoms with Crippen molar-refractivity contribution >= 4 is 44.9 Å². The minimum atomic E-state index is -4.23. The highest BCUT2D eigenvalue weighted by molar-refractivity contribution is 7.89. The van der Waals surface area contributed by atoms with Crippen molar-refractivity contribution in [3.8, 4) is 5.75 Å². The maximum atomic E-state index is 12.5. The molecule has 1 amide bonds. The second-order valence-electron chi connectivity index (χ2n) is 6.59. The number of nitro benzene ring substituents is 1. The number of hydrogen-bond acceptors (Lipinski definition) is 9. The molecule has 0 radical (unpaired) electrons. The molecule has 14 heteroatoms. The van der Waals surface area contributed by atoms with E-state index >= 15 is 0 Å². The van der Waals surface area contributed by atoms with Gasteiger partial charge in [0.1, 0.15) is 11.8 Å². The van der Waals surface area contributed by atoms with E-state index in [0.29, 0.717) is 5.02 Å². The number of aliphatic hydroxyl groups excluding tert-OH is 1. The molecule has 0 saturated heterocycles. The lowest BCUT2D eigenvalue weighted by molar-refractivity contribution is -0.384. The summed E-state index contributed by atoms with van der Waals surface area (Å²) in [5.74, 6) is -1.98. The van der Waals surface area contributed by atoms with Crippen LogP contribution in [0.2, 0.25) is 5.02 Å². The summed E-state index contributed by atoms with van der Waals surface area (Å²) >= 11 is 5.73. The first-order chi connectivity index (χ1) is 15.4. The van der Waals surface area contributed by atoms with Crippen LogP contribution in [0.1, 0.15) is 6.92 Å². The lowest BCUT2D eigenvalue weighted by atomic mass is 10.2. The molecule has 33 heavy (non-hydrogen) atoms. The number of hydrogen-bond donors (Lipinski definition) is 3. The highest BCUT2D eigenvalue weighted by Gasteiger charge is 2.31. The zero-order valence-corrected chi connectivity index (χ0v) is 18.9. The SMILES string of the molecule is COc1ccc([N+](=O)[O-])cc1NC(=O)COC(=O)C(NS(=O)(=O)c1ccc(Cl)cc1)C(C)O. The molecule has 0 aliphatic heterocycles. The molecule has 0 heterocycles. The van der Waals surface area contributed by atoms with Crippen LogP contribution in [-0.2, 0) is 24.3 Å². The van der Waals surface area contributed by atoms with Gasteiger partial charge in [-0.3, -0.25) is 19.7 Å². The number of methoxy groups -OCH3 is 1. The number of benzene rings is 2. The largest absolute Gasteiger partial charge is 0.495 e. The number of sulfonamides is 1. The number of nitro groups is 1. The van der Waals surface area contributed by atoms with E-state index < -0.39 is 45.6 Å². The first-order valence-corrected chi connectivity index (χ1v) is 11.1. The van der Waals surface area contributed by atoms with Crippen LogP contribution in [0.25, 0.3) is 0 Å². The Kier molecular flexibility index (Phi) is 8.70. The van der Waals surface area contributed by atoms with Crippen LogP contribution in [0.5, 0.6) is 5.75 Å². The molecule has 0 aromatic heterocycles. The molecule has 0 aliphatic rings. The molecule has 178 valence electrons. The topological polar surface area (TPSA) is 174 Å². The maximum Gasteiger partial charge on any atom is 0.327 e. The molecule has 2 unspecified atom stereocenters. The molecular weight excluding hydrogens is 482 g/mol. The van der Waals surface area contributed by atoms with Gasteiger partial charge in [0.25, 0.3) is 11.6 Å². The van der Waals surface area contributed by atoms with E-state index in [9.17, 15) is 33.2 Å². The third-order valence-corrected chi connectivity index (χ3v) is 5.86. The Hall–Kier alpha value is -3.26. The number of rotatable bonds is 10. The third kappa shape index (κ3) is 7.12. The van der Waals surface area contributed by atoms with Crippen molar-refractivity contribution in [1.29, 1.82) is 0 Å². The number of amides is 1. The van der Waals surface area contributed by atoms with Crippen molar-refractivity contribution in [3.63, 3.8) is 0 Å².